The van der Waals surface area contributed by atoms with Gasteiger partial charge in [0.2, 0.25) is 0 Å². The van der Waals surface area contributed by atoms with E-state index < -0.39 is 0 Å². The van der Waals surface area contributed by atoms with Crippen molar-refractivity contribution in [3.05, 3.63) is 57.5 Å². The third-order valence-electron chi connectivity index (χ3n) is 2.77. The number of benzene rings is 2. The summed E-state index contributed by atoms with van der Waals surface area (Å²) >= 11 is 9.61. The van der Waals surface area contributed by atoms with Crippen LogP contribution in [0.15, 0.2) is 46.9 Å². The van der Waals surface area contributed by atoms with Gasteiger partial charge in [0.1, 0.15) is 0 Å². The summed E-state index contributed by atoms with van der Waals surface area (Å²) in [7, 11) is 2.00. The Balaban J connectivity index is 2.21. The van der Waals surface area contributed by atoms with Crippen LogP contribution in [-0.4, -0.2) is 7.05 Å². The third-order valence-corrected chi connectivity index (χ3v) is 3.62. The Morgan fingerprint density at radius 2 is 1.94 bits per heavy atom. The SMILES string of the molecule is CN(Cc1ccc(Br)cc1Cl)c1ccccc1N. The van der Waals surface area contributed by atoms with Crippen LogP contribution in [0.1, 0.15) is 5.56 Å². The predicted molar refractivity (Wildman–Crippen MR) is 82.1 cm³/mol. The van der Waals surface area contributed by atoms with Crippen LogP contribution in [0.5, 0.6) is 0 Å². The molecule has 18 heavy (non-hydrogen) atoms. The van der Waals surface area contributed by atoms with E-state index in [2.05, 4.69) is 20.8 Å². The Morgan fingerprint density at radius 3 is 2.61 bits per heavy atom. The van der Waals surface area contributed by atoms with Gasteiger partial charge < -0.3 is 10.6 Å². The number of nitrogens with zero attached hydrogens (tertiary/aromatic N) is 1. The molecule has 0 heterocycles. The van der Waals surface area contributed by atoms with Crippen molar-refractivity contribution in [1.82, 2.24) is 0 Å². The number of nitrogen functional groups attached to an aromatic ring is 1. The molecule has 0 radical (unpaired) electrons. The number of nitrogens with two attached hydrogens (primary N) is 1. The van der Waals surface area contributed by atoms with Crippen LogP contribution in [-0.2, 0) is 6.54 Å². The highest BCUT2D eigenvalue weighted by molar-refractivity contribution is 9.10. The maximum absolute atomic E-state index is 6.21. The van der Waals surface area contributed by atoms with Gasteiger partial charge in [-0.25, -0.2) is 0 Å². The summed E-state index contributed by atoms with van der Waals surface area (Å²) in [5.74, 6) is 0. The van der Waals surface area contributed by atoms with Crippen molar-refractivity contribution in [2.45, 2.75) is 6.54 Å². The smallest absolute Gasteiger partial charge is 0.0600 e. The topological polar surface area (TPSA) is 29.3 Å². The van der Waals surface area contributed by atoms with Gasteiger partial charge in [-0.1, -0.05) is 45.7 Å². The number of para-hydroxylation sites is 2. The van der Waals surface area contributed by atoms with Crippen molar-refractivity contribution in [3.8, 4) is 0 Å². The molecule has 2 N–H and O–H groups in total. The van der Waals surface area contributed by atoms with E-state index >= 15 is 0 Å². The lowest BCUT2D eigenvalue weighted by atomic mass is 10.2. The minimum absolute atomic E-state index is 0.723. The molecule has 94 valence electrons. The summed E-state index contributed by atoms with van der Waals surface area (Å²) < 4.78 is 0.984. The van der Waals surface area contributed by atoms with Crippen molar-refractivity contribution in [1.29, 1.82) is 0 Å². The van der Waals surface area contributed by atoms with Crippen LogP contribution < -0.4 is 10.6 Å². The van der Waals surface area contributed by atoms with Crippen molar-refractivity contribution in [2.75, 3.05) is 17.7 Å². The van der Waals surface area contributed by atoms with E-state index in [1.54, 1.807) is 0 Å². The number of hydrogen-bond acceptors (Lipinski definition) is 2. The fraction of sp³-hybridized carbons (Fsp3) is 0.143. The Kier molecular flexibility index (Phi) is 4.15. The van der Waals surface area contributed by atoms with E-state index in [0.29, 0.717) is 0 Å². The molecule has 0 aliphatic heterocycles. The monoisotopic (exact) mass is 324 g/mol. The summed E-state index contributed by atoms with van der Waals surface area (Å²) in [4.78, 5) is 2.09. The molecule has 0 aliphatic rings. The summed E-state index contributed by atoms with van der Waals surface area (Å²) in [6, 6.07) is 13.7. The van der Waals surface area contributed by atoms with Crippen LogP contribution in [0.2, 0.25) is 5.02 Å². The molecule has 0 fully saturated rings. The maximum Gasteiger partial charge on any atom is 0.0600 e. The van der Waals surface area contributed by atoms with E-state index in [1.807, 2.05) is 49.5 Å². The first-order valence-electron chi connectivity index (χ1n) is 5.57. The van der Waals surface area contributed by atoms with Gasteiger partial charge >= 0.3 is 0 Å². The van der Waals surface area contributed by atoms with E-state index in [0.717, 1.165) is 33.0 Å². The average Bonchev–Trinajstić information content (AvgIpc) is 2.33. The minimum atomic E-state index is 0.723. The van der Waals surface area contributed by atoms with Gasteiger partial charge in [-0.05, 0) is 29.8 Å². The third kappa shape index (κ3) is 2.98. The molecule has 4 heteroatoms. The largest absolute Gasteiger partial charge is 0.397 e. The highest BCUT2D eigenvalue weighted by Gasteiger charge is 2.08. The highest BCUT2D eigenvalue weighted by atomic mass is 79.9. The van der Waals surface area contributed by atoms with Crippen molar-refractivity contribution in [3.63, 3.8) is 0 Å². The highest BCUT2D eigenvalue weighted by Crippen LogP contribution is 2.26. The molecule has 2 aromatic rings. The van der Waals surface area contributed by atoms with E-state index in [1.165, 1.54) is 0 Å². The van der Waals surface area contributed by atoms with Gasteiger partial charge in [-0.15, -0.1) is 0 Å². The van der Waals surface area contributed by atoms with Crippen molar-refractivity contribution < 1.29 is 0 Å². The van der Waals surface area contributed by atoms with Crippen LogP contribution in [0.4, 0.5) is 11.4 Å². The zero-order valence-electron chi connectivity index (χ0n) is 10.0. The second kappa shape index (κ2) is 5.63. The van der Waals surface area contributed by atoms with E-state index in [9.17, 15) is 0 Å². The molecule has 0 spiro atoms. The molecule has 0 unspecified atom stereocenters. The van der Waals surface area contributed by atoms with Crippen LogP contribution >= 0.6 is 27.5 Å². The Labute approximate surface area is 120 Å². The van der Waals surface area contributed by atoms with E-state index in [4.69, 9.17) is 17.3 Å². The lowest BCUT2D eigenvalue weighted by Gasteiger charge is -2.21. The molecule has 2 nitrogen and oxygen atoms in total. The van der Waals surface area contributed by atoms with Gasteiger partial charge in [0, 0.05) is 23.1 Å². The first-order valence-corrected chi connectivity index (χ1v) is 6.74. The number of hydrogen-bond donors (Lipinski definition) is 1. The fourth-order valence-corrected chi connectivity index (χ4v) is 2.56. The van der Waals surface area contributed by atoms with Crippen molar-refractivity contribution >= 4 is 38.9 Å². The predicted octanol–water partition coefficient (Wildman–Crippen LogP) is 4.32. The quantitative estimate of drug-likeness (QED) is 0.852. The number of halogens is 2. The zero-order chi connectivity index (χ0) is 13.1. The average molecular weight is 326 g/mol. The Morgan fingerprint density at radius 1 is 1.22 bits per heavy atom. The fourth-order valence-electron chi connectivity index (χ4n) is 1.83. The van der Waals surface area contributed by atoms with Gasteiger partial charge in [-0.3, -0.25) is 0 Å². The zero-order valence-corrected chi connectivity index (χ0v) is 12.4. The van der Waals surface area contributed by atoms with Gasteiger partial charge in [0.05, 0.1) is 11.4 Å². The van der Waals surface area contributed by atoms with Crippen LogP contribution in [0, 0.1) is 0 Å². The first-order chi connectivity index (χ1) is 8.58. The first kappa shape index (κ1) is 13.2. The molecular weight excluding hydrogens is 312 g/mol. The lowest BCUT2D eigenvalue weighted by Crippen LogP contribution is -2.17. The van der Waals surface area contributed by atoms with Crippen LogP contribution in [0.25, 0.3) is 0 Å². The number of rotatable bonds is 3. The standard InChI is InChI=1S/C14H14BrClN2/c1-18(14-5-3-2-4-13(14)17)9-10-6-7-11(15)8-12(10)16/h2-8H,9,17H2,1H3. The molecule has 0 amide bonds. The Hall–Kier alpha value is -1.19. The van der Waals surface area contributed by atoms with E-state index in [-0.39, 0.29) is 0 Å². The molecular formula is C14H14BrClN2. The molecule has 0 saturated carbocycles. The molecule has 0 saturated heterocycles. The lowest BCUT2D eigenvalue weighted by molar-refractivity contribution is 0.924. The van der Waals surface area contributed by atoms with Gasteiger partial charge in [-0.2, -0.15) is 0 Å². The molecule has 2 rings (SSSR count). The molecule has 0 aliphatic carbocycles. The molecule has 2 aromatic carbocycles. The second-order valence-electron chi connectivity index (χ2n) is 4.15. The van der Waals surface area contributed by atoms with Crippen molar-refractivity contribution in [2.24, 2.45) is 0 Å². The summed E-state index contributed by atoms with van der Waals surface area (Å²) in [5, 5.41) is 0.755. The molecule has 0 aromatic heterocycles. The second-order valence-corrected chi connectivity index (χ2v) is 5.47. The Bertz CT molecular complexity index is 557. The normalized spacial score (nSPS) is 10.4. The minimum Gasteiger partial charge on any atom is -0.397 e. The summed E-state index contributed by atoms with van der Waals surface area (Å²) in [6.07, 6.45) is 0. The van der Waals surface area contributed by atoms with Gasteiger partial charge in [0.25, 0.3) is 0 Å². The number of anilines is 2. The molecule has 0 atom stereocenters. The molecule has 0 bridgehead atoms. The maximum atomic E-state index is 6.21. The summed E-state index contributed by atoms with van der Waals surface area (Å²) in [5.41, 5.74) is 8.81. The van der Waals surface area contributed by atoms with Gasteiger partial charge in [0.15, 0.2) is 0 Å². The van der Waals surface area contributed by atoms with Crippen LogP contribution in [0.3, 0.4) is 0 Å². The summed E-state index contributed by atoms with van der Waals surface area (Å²) in [6.45, 7) is 0.723.